The molecule has 1 aliphatic heterocycles. The Hall–Kier alpha value is -0.175. The van der Waals surface area contributed by atoms with Gasteiger partial charge in [-0.3, -0.25) is 0 Å². The standard InChI is InChI=1S/C7H15BO6/c8-7(13)6-5(12)4(11)3(10)2(1-9)14-6/h2-7,9-13H,1,8H2/t2?,3-,4-,5?,6-,7?/m0/s1. The van der Waals surface area contributed by atoms with E-state index in [0.717, 1.165) is 0 Å². The highest BCUT2D eigenvalue weighted by Gasteiger charge is 2.44. The zero-order valence-corrected chi connectivity index (χ0v) is 7.82. The van der Waals surface area contributed by atoms with Gasteiger partial charge in [-0.1, -0.05) is 0 Å². The summed E-state index contributed by atoms with van der Waals surface area (Å²) in [4.78, 5) is 0. The van der Waals surface area contributed by atoms with Crippen LogP contribution in [0.4, 0.5) is 0 Å². The fourth-order valence-corrected chi connectivity index (χ4v) is 1.53. The highest BCUT2D eigenvalue weighted by atomic mass is 16.6. The molecule has 0 spiro atoms. The van der Waals surface area contributed by atoms with Crippen molar-refractivity contribution >= 4 is 7.85 Å². The Kier molecular flexibility index (Phi) is 3.88. The fourth-order valence-electron chi connectivity index (χ4n) is 1.53. The van der Waals surface area contributed by atoms with Gasteiger partial charge in [0.1, 0.15) is 38.4 Å². The first-order chi connectivity index (χ1) is 6.49. The lowest BCUT2D eigenvalue weighted by Gasteiger charge is -2.41. The number of hydrogen-bond acceptors (Lipinski definition) is 6. The minimum atomic E-state index is -1.42. The van der Waals surface area contributed by atoms with E-state index in [1.54, 1.807) is 0 Å². The summed E-state index contributed by atoms with van der Waals surface area (Å²) in [7, 11) is 1.40. The number of hydrogen-bond donors (Lipinski definition) is 5. The molecule has 0 saturated carbocycles. The van der Waals surface area contributed by atoms with Crippen LogP contribution in [0.2, 0.25) is 0 Å². The number of aliphatic hydroxyl groups is 5. The van der Waals surface area contributed by atoms with Gasteiger partial charge in [-0.15, -0.1) is 0 Å². The van der Waals surface area contributed by atoms with Gasteiger partial charge in [-0.25, -0.2) is 0 Å². The topological polar surface area (TPSA) is 110 Å². The minimum Gasteiger partial charge on any atom is -0.399 e. The molecule has 5 N–H and O–H groups in total. The second-order valence-corrected chi connectivity index (χ2v) is 3.53. The quantitative estimate of drug-likeness (QED) is 0.293. The maximum atomic E-state index is 9.41. The first kappa shape index (κ1) is 11.9. The van der Waals surface area contributed by atoms with Crippen LogP contribution in [0.5, 0.6) is 0 Å². The molecular formula is C7H15BO6. The van der Waals surface area contributed by atoms with Crippen LogP contribution in [0.3, 0.4) is 0 Å². The van der Waals surface area contributed by atoms with Crippen molar-refractivity contribution in [3.8, 4) is 0 Å². The molecule has 6 atom stereocenters. The SMILES string of the molecule is BC(O)[C@H]1OC(CO)[C@H](O)[C@H](O)C1O. The monoisotopic (exact) mass is 206 g/mol. The lowest BCUT2D eigenvalue weighted by molar-refractivity contribution is -0.240. The van der Waals surface area contributed by atoms with Crippen LogP contribution < -0.4 is 0 Å². The average Bonchev–Trinajstić information content (AvgIpc) is 2.14. The van der Waals surface area contributed by atoms with Gasteiger partial charge in [-0.2, -0.15) is 0 Å². The highest BCUT2D eigenvalue weighted by Crippen LogP contribution is 2.22. The minimum absolute atomic E-state index is 0.478. The first-order valence-electron chi connectivity index (χ1n) is 4.47. The van der Waals surface area contributed by atoms with E-state index in [1.807, 2.05) is 0 Å². The van der Waals surface area contributed by atoms with Gasteiger partial charge in [0.05, 0.1) is 6.61 Å². The number of aliphatic hydroxyl groups excluding tert-OH is 5. The maximum absolute atomic E-state index is 9.41. The number of ether oxygens (including phenoxy) is 1. The molecule has 0 aromatic rings. The molecule has 0 aromatic heterocycles. The number of rotatable bonds is 2. The summed E-state index contributed by atoms with van der Waals surface area (Å²) < 4.78 is 5.03. The van der Waals surface area contributed by atoms with Gasteiger partial charge < -0.3 is 30.3 Å². The maximum Gasteiger partial charge on any atom is 0.142 e. The summed E-state index contributed by atoms with van der Waals surface area (Å²) in [6.45, 7) is -0.478. The average molecular weight is 206 g/mol. The zero-order chi connectivity index (χ0) is 10.9. The Morgan fingerprint density at radius 3 is 2.14 bits per heavy atom. The Balaban J connectivity index is 2.73. The molecule has 1 fully saturated rings. The van der Waals surface area contributed by atoms with Crippen LogP contribution in [0.15, 0.2) is 0 Å². The van der Waals surface area contributed by atoms with E-state index in [0.29, 0.717) is 0 Å². The molecule has 3 unspecified atom stereocenters. The lowest BCUT2D eigenvalue weighted by Crippen LogP contribution is -2.61. The normalized spacial score (nSPS) is 46.2. The van der Waals surface area contributed by atoms with Crippen molar-refractivity contribution in [1.29, 1.82) is 0 Å². The van der Waals surface area contributed by atoms with Crippen molar-refractivity contribution in [3.63, 3.8) is 0 Å². The molecule has 7 heteroatoms. The van der Waals surface area contributed by atoms with E-state index in [1.165, 1.54) is 7.85 Å². The van der Waals surface area contributed by atoms with Crippen molar-refractivity contribution in [3.05, 3.63) is 0 Å². The lowest BCUT2D eigenvalue weighted by atomic mass is 9.85. The van der Waals surface area contributed by atoms with Gasteiger partial charge in [0, 0.05) is 6.00 Å². The smallest absolute Gasteiger partial charge is 0.142 e. The summed E-state index contributed by atoms with van der Waals surface area (Å²) in [5.74, 6) is 0. The van der Waals surface area contributed by atoms with Crippen LogP contribution in [0.25, 0.3) is 0 Å². The second kappa shape index (κ2) is 4.56. The molecular weight excluding hydrogens is 191 g/mol. The Morgan fingerprint density at radius 2 is 1.71 bits per heavy atom. The van der Waals surface area contributed by atoms with Crippen LogP contribution in [-0.4, -0.2) is 76.5 Å². The predicted molar refractivity (Wildman–Crippen MR) is 48.3 cm³/mol. The molecule has 14 heavy (non-hydrogen) atoms. The molecule has 0 aromatic carbocycles. The molecule has 82 valence electrons. The molecule has 1 heterocycles. The van der Waals surface area contributed by atoms with E-state index < -0.39 is 43.1 Å². The second-order valence-electron chi connectivity index (χ2n) is 3.53. The van der Waals surface area contributed by atoms with E-state index >= 15 is 0 Å². The van der Waals surface area contributed by atoms with E-state index in [-0.39, 0.29) is 0 Å². The Labute approximate surface area is 82.2 Å². The van der Waals surface area contributed by atoms with Crippen LogP contribution in [-0.2, 0) is 4.74 Å². The zero-order valence-electron chi connectivity index (χ0n) is 7.82. The fraction of sp³-hybridized carbons (Fsp3) is 1.00. The first-order valence-corrected chi connectivity index (χ1v) is 4.47. The molecule has 6 nitrogen and oxygen atoms in total. The molecule has 1 saturated heterocycles. The molecule has 0 radical (unpaired) electrons. The molecule has 0 amide bonds. The predicted octanol–water partition coefficient (Wildman–Crippen LogP) is -4.22. The van der Waals surface area contributed by atoms with Crippen molar-refractivity contribution in [2.75, 3.05) is 6.61 Å². The van der Waals surface area contributed by atoms with Crippen LogP contribution in [0.1, 0.15) is 0 Å². The Morgan fingerprint density at radius 1 is 1.14 bits per heavy atom. The highest BCUT2D eigenvalue weighted by molar-refractivity contribution is 6.11. The van der Waals surface area contributed by atoms with E-state index in [2.05, 4.69) is 0 Å². The summed E-state index contributed by atoms with van der Waals surface area (Å²) in [6, 6.07) is -0.985. The molecule has 1 rings (SSSR count). The summed E-state index contributed by atoms with van der Waals surface area (Å²) in [5, 5.41) is 46.1. The van der Waals surface area contributed by atoms with Crippen LogP contribution >= 0.6 is 0 Å². The van der Waals surface area contributed by atoms with Crippen molar-refractivity contribution < 1.29 is 30.3 Å². The third-order valence-electron chi connectivity index (χ3n) is 2.40. The summed E-state index contributed by atoms with van der Waals surface area (Å²) in [5.41, 5.74) is 0. The van der Waals surface area contributed by atoms with Gasteiger partial charge in [0.15, 0.2) is 0 Å². The molecule has 1 aliphatic rings. The van der Waals surface area contributed by atoms with E-state index in [4.69, 9.17) is 9.84 Å². The van der Waals surface area contributed by atoms with Gasteiger partial charge in [0.25, 0.3) is 0 Å². The molecule has 0 aliphatic carbocycles. The van der Waals surface area contributed by atoms with Crippen molar-refractivity contribution in [2.24, 2.45) is 0 Å². The molecule has 0 bridgehead atoms. The van der Waals surface area contributed by atoms with Gasteiger partial charge >= 0.3 is 0 Å². The van der Waals surface area contributed by atoms with Crippen LogP contribution in [0, 0.1) is 0 Å². The summed E-state index contributed by atoms with van der Waals surface area (Å²) >= 11 is 0. The summed E-state index contributed by atoms with van der Waals surface area (Å²) in [6.07, 6.45) is -6.09. The third-order valence-corrected chi connectivity index (χ3v) is 2.40. The van der Waals surface area contributed by atoms with E-state index in [9.17, 15) is 20.4 Å². The Bertz CT molecular complexity index is 187. The largest absolute Gasteiger partial charge is 0.399 e. The van der Waals surface area contributed by atoms with Crippen molar-refractivity contribution in [2.45, 2.75) is 36.5 Å². The van der Waals surface area contributed by atoms with Gasteiger partial charge in [0.2, 0.25) is 0 Å². The van der Waals surface area contributed by atoms with Gasteiger partial charge in [-0.05, 0) is 0 Å². The third kappa shape index (κ3) is 2.08. The van der Waals surface area contributed by atoms with Crippen molar-refractivity contribution in [1.82, 2.24) is 0 Å².